The number of rotatable bonds is 9. The van der Waals surface area contributed by atoms with Crippen LogP contribution in [-0.2, 0) is 15.3 Å². The minimum absolute atomic E-state index is 0.00967. The number of hydrazine groups is 1. The maximum atomic E-state index is 11.9. The third-order valence-corrected chi connectivity index (χ3v) is 4.49. The lowest BCUT2D eigenvalue weighted by Gasteiger charge is -2.16. The first-order chi connectivity index (χ1) is 12.4. The molecule has 9 heteroatoms. The van der Waals surface area contributed by atoms with Crippen LogP contribution in [0.2, 0.25) is 0 Å². The van der Waals surface area contributed by atoms with E-state index in [4.69, 9.17) is 21.7 Å². The Kier molecular flexibility index (Phi) is 10.0. The molecule has 0 aliphatic heterocycles. The van der Waals surface area contributed by atoms with E-state index in [1.807, 2.05) is 6.92 Å². The molecule has 1 rings (SSSR count). The number of benzene rings is 1. The smallest absolute Gasteiger partial charge is 0.248 e. The number of carbonyl (C=O) groups is 2. The molecule has 1 aromatic rings. The van der Waals surface area contributed by atoms with E-state index in [0.29, 0.717) is 28.8 Å². The standard InChI is InChI=1S/C17H25N3O4S2/c1-11(8-23-3)18-17(25)20-19-16(22)10-26-9-14-7-13(12(2)21)5-6-15(14)24-4/h5-7,11H,8-10H2,1-4H3,(H,19,22)(H2,18,20,25)/t11-/m0/s1. The first-order valence-electron chi connectivity index (χ1n) is 7.97. The molecule has 0 bridgehead atoms. The van der Waals surface area contributed by atoms with E-state index in [-0.39, 0.29) is 23.5 Å². The van der Waals surface area contributed by atoms with Gasteiger partial charge in [-0.25, -0.2) is 0 Å². The summed E-state index contributed by atoms with van der Waals surface area (Å²) in [5.41, 5.74) is 6.68. The summed E-state index contributed by atoms with van der Waals surface area (Å²) in [4.78, 5) is 23.4. The average molecular weight is 400 g/mol. The Morgan fingerprint density at radius 2 is 2.00 bits per heavy atom. The van der Waals surface area contributed by atoms with Crippen molar-refractivity contribution in [2.75, 3.05) is 26.6 Å². The Hall–Kier alpha value is -1.84. The largest absolute Gasteiger partial charge is 0.496 e. The highest BCUT2D eigenvalue weighted by Crippen LogP contribution is 2.24. The van der Waals surface area contributed by atoms with E-state index >= 15 is 0 Å². The molecule has 1 atom stereocenters. The fourth-order valence-electron chi connectivity index (χ4n) is 2.08. The summed E-state index contributed by atoms with van der Waals surface area (Å²) < 4.78 is 10.3. The van der Waals surface area contributed by atoms with Crippen LogP contribution in [0.25, 0.3) is 0 Å². The molecule has 0 spiro atoms. The van der Waals surface area contributed by atoms with Gasteiger partial charge in [0.2, 0.25) is 5.91 Å². The number of methoxy groups -OCH3 is 2. The van der Waals surface area contributed by atoms with Gasteiger partial charge in [-0.15, -0.1) is 11.8 Å². The minimum Gasteiger partial charge on any atom is -0.496 e. The molecule has 0 heterocycles. The highest BCUT2D eigenvalue weighted by molar-refractivity contribution is 7.99. The van der Waals surface area contributed by atoms with Gasteiger partial charge in [0.25, 0.3) is 0 Å². The van der Waals surface area contributed by atoms with Gasteiger partial charge in [-0.1, -0.05) is 0 Å². The zero-order valence-corrected chi connectivity index (χ0v) is 17.0. The second kappa shape index (κ2) is 11.7. The highest BCUT2D eigenvalue weighted by Gasteiger charge is 2.09. The third kappa shape index (κ3) is 8.03. The molecular formula is C17H25N3O4S2. The molecule has 26 heavy (non-hydrogen) atoms. The van der Waals surface area contributed by atoms with Crippen LogP contribution in [0, 0.1) is 0 Å². The van der Waals surface area contributed by atoms with E-state index in [1.54, 1.807) is 32.4 Å². The maximum absolute atomic E-state index is 11.9. The molecular weight excluding hydrogens is 374 g/mol. The normalized spacial score (nSPS) is 11.4. The summed E-state index contributed by atoms with van der Waals surface area (Å²) in [7, 11) is 3.18. The van der Waals surface area contributed by atoms with Gasteiger partial charge in [-0.05, 0) is 44.3 Å². The summed E-state index contributed by atoms with van der Waals surface area (Å²) in [6.07, 6.45) is 0. The number of ether oxygens (including phenoxy) is 2. The molecule has 0 aromatic heterocycles. The van der Waals surface area contributed by atoms with Crippen molar-refractivity contribution < 1.29 is 19.1 Å². The van der Waals surface area contributed by atoms with Crippen LogP contribution in [0.3, 0.4) is 0 Å². The fourth-order valence-corrected chi connectivity index (χ4v) is 3.14. The number of hydrogen-bond donors (Lipinski definition) is 3. The molecule has 7 nitrogen and oxygen atoms in total. The maximum Gasteiger partial charge on any atom is 0.248 e. The average Bonchev–Trinajstić information content (AvgIpc) is 2.60. The molecule has 0 saturated carbocycles. The molecule has 0 saturated heterocycles. The SMILES string of the molecule is COC[C@H](C)NC(=S)NNC(=O)CSCc1cc(C(C)=O)ccc1OC. The number of thioether (sulfide) groups is 1. The van der Waals surface area contributed by atoms with Gasteiger partial charge in [-0.3, -0.25) is 20.4 Å². The van der Waals surface area contributed by atoms with Crippen molar-refractivity contribution in [3.8, 4) is 5.75 Å². The van der Waals surface area contributed by atoms with Crippen molar-refractivity contribution in [3.05, 3.63) is 29.3 Å². The summed E-state index contributed by atoms with van der Waals surface area (Å²) in [6.45, 7) is 3.94. The van der Waals surface area contributed by atoms with Crippen LogP contribution in [0.15, 0.2) is 18.2 Å². The van der Waals surface area contributed by atoms with Crippen molar-refractivity contribution in [3.63, 3.8) is 0 Å². The van der Waals surface area contributed by atoms with Crippen LogP contribution in [0.4, 0.5) is 0 Å². The van der Waals surface area contributed by atoms with Crippen molar-refractivity contribution >= 4 is 40.8 Å². The Balaban J connectivity index is 2.41. The zero-order valence-electron chi connectivity index (χ0n) is 15.4. The van der Waals surface area contributed by atoms with E-state index < -0.39 is 0 Å². The van der Waals surface area contributed by atoms with Crippen molar-refractivity contribution in [1.82, 2.24) is 16.2 Å². The van der Waals surface area contributed by atoms with Gasteiger partial charge >= 0.3 is 0 Å². The first-order valence-corrected chi connectivity index (χ1v) is 9.53. The van der Waals surface area contributed by atoms with E-state index in [0.717, 1.165) is 5.56 Å². The monoisotopic (exact) mass is 399 g/mol. The molecule has 1 aromatic carbocycles. The quantitative estimate of drug-likeness (QED) is 0.328. The molecule has 0 radical (unpaired) electrons. The van der Waals surface area contributed by atoms with Gasteiger partial charge < -0.3 is 14.8 Å². The highest BCUT2D eigenvalue weighted by atomic mass is 32.2. The van der Waals surface area contributed by atoms with E-state index in [2.05, 4.69) is 16.2 Å². The Labute approximate surface area is 163 Å². The number of nitrogens with one attached hydrogen (secondary N) is 3. The second-order valence-electron chi connectivity index (χ2n) is 5.58. The van der Waals surface area contributed by atoms with Crippen molar-refractivity contribution in [2.24, 2.45) is 0 Å². The Morgan fingerprint density at radius 3 is 2.62 bits per heavy atom. The third-order valence-electron chi connectivity index (χ3n) is 3.29. The van der Waals surface area contributed by atoms with Crippen LogP contribution < -0.4 is 20.9 Å². The fraction of sp³-hybridized carbons (Fsp3) is 0.471. The number of carbonyl (C=O) groups excluding carboxylic acids is 2. The number of hydrogen-bond acceptors (Lipinski definition) is 6. The molecule has 144 valence electrons. The van der Waals surface area contributed by atoms with Gasteiger partial charge in [0.1, 0.15) is 5.75 Å². The lowest BCUT2D eigenvalue weighted by molar-refractivity contribution is -0.119. The molecule has 0 aliphatic carbocycles. The first kappa shape index (κ1) is 22.2. The van der Waals surface area contributed by atoms with Gasteiger partial charge in [0.15, 0.2) is 10.9 Å². The van der Waals surface area contributed by atoms with Crippen molar-refractivity contribution in [2.45, 2.75) is 25.6 Å². The second-order valence-corrected chi connectivity index (χ2v) is 6.97. The number of Topliss-reactive ketones (excluding diaryl/α,β-unsaturated/α-hetero) is 1. The molecule has 0 fully saturated rings. The Morgan fingerprint density at radius 1 is 1.27 bits per heavy atom. The predicted octanol–water partition coefficient (Wildman–Crippen LogP) is 1.66. The Bertz CT molecular complexity index is 640. The summed E-state index contributed by atoms with van der Waals surface area (Å²) in [6, 6.07) is 5.32. The molecule has 0 aliphatic rings. The predicted molar refractivity (Wildman–Crippen MR) is 108 cm³/mol. The number of amides is 1. The number of ketones is 1. The molecule has 3 N–H and O–H groups in total. The van der Waals surface area contributed by atoms with E-state index in [9.17, 15) is 9.59 Å². The summed E-state index contributed by atoms with van der Waals surface area (Å²) in [5, 5.41) is 3.30. The van der Waals surface area contributed by atoms with Gasteiger partial charge in [-0.2, -0.15) is 0 Å². The lowest BCUT2D eigenvalue weighted by atomic mass is 10.1. The minimum atomic E-state index is -0.208. The van der Waals surface area contributed by atoms with Crippen molar-refractivity contribution in [1.29, 1.82) is 0 Å². The molecule has 0 unspecified atom stereocenters. The lowest BCUT2D eigenvalue weighted by Crippen LogP contribution is -2.50. The van der Waals surface area contributed by atoms with Gasteiger partial charge in [0.05, 0.1) is 19.5 Å². The van der Waals surface area contributed by atoms with E-state index in [1.165, 1.54) is 18.7 Å². The zero-order chi connectivity index (χ0) is 19.5. The van der Waals surface area contributed by atoms with Crippen LogP contribution >= 0.6 is 24.0 Å². The molecule has 1 amide bonds. The topological polar surface area (TPSA) is 88.7 Å². The number of thiocarbonyl (C=S) groups is 1. The van der Waals surface area contributed by atoms with Gasteiger partial charge in [0, 0.05) is 30.0 Å². The van der Waals surface area contributed by atoms with Crippen LogP contribution in [0.1, 0.15) is 29.8 Å². The van der Waals surface area contributed by atoms with Crippen LogP contribution in [-0.4, -0.2) is 49.4 Å². The van der Waals surface area contributed by atoms with Crippen LogP contribution in [0.5, 0.6) is 5.75 Å². The summed E-state index contributed by atoms with van der Waals surface area (Å²) >= 11 is 6.49. The summed E-state index contributed by atoms with van der Waals surface area (Å²) in [5.74, 6) is 1.26.